The Bertz CT molecular complexity index is 342. The molecule has 0 aromatic heterocycles. The maximum atomic E-state index is 13.0. The highest BCUT2D eigenvalue weighted by molar-refractivity contribution is 7.99. The van der Waals surface area contributed by atoms with Crippen LogP contribution in [-0.2, 0) is 0 Å². The van der Waals surface area contributed by atoms with Crippen molar-refractivity contribution in [2.24, 2.45) is 5.92 Å². The molecule has 1 aromatic carbocycles. The minimum atomic E-state index is -0.678. The van der Waals surface area contributed by atoms with E-state index in [4.69, 9.17) is 5.11 Å². The van der Waals surface area contributed by atoms with Crippen LogP contribution in [0.1, 0.15) is 25.5 Å². The van der Waals surface area contributed by atoms with Crippen molar-refractivity contribution in [3.63, 3.8) is 0 Å². The highest BCUT2D eigenvalue weighted by Crippen LogP contribution is 2.29. The van der Waals surface area contributed by atoms with E-state index in [-0.39, 0.29) is 18.3 Å². The van der Waals surface area contributed by atoms with E-state index in [2.05, 4.69) is 0 Å². The van der Waals surface area contributed by atoms with Crippen molar-refractivity contribution in [1.82, 2.24) is 0 Å². The maximum Gasteiger partial charge on any atom is 0.123 e. The van der Waals surface area contributed by atoms with E-state index < -0.39 is 6.10 Å². The van der Waals surface area contributed by atoms with Crippen molar-refractivity contribution in [3.05, 3.63) is 29.6 Å². The van der Waals surface area contributed by atoms with Crippen LogP contribution in [0.15, 0.2) is 23.1 Å². The molecule has 0 radical (unpaired) electrons. The van der Waals surface area contributed by atoms with Crippen LogP contribution in [0.5, 0.6) is 0 Å². The molecule has 1 aromatic rings. The summed E-state index contributed by atoms with van der Waals surface area (Å²) in [5, 5.41) is 18.4. The first-order valence-corrected chi connectivity index (χ1v) is 6.24. The lowest BCUT2D eigenvalue weighted by Crippen LogP contribution is -2.04. The van der Waals surface area contributed by atoms with Crippen LogP contribution >= 0.6 is 11.8 Å². The van der Waals surface area contributed by atoms with E-state index in [0.717, 1.165) is 10.6 Å². The molecule has 1 rings (SSSR count). The van der Waals surface area contributed by atoms with Gasteiger partial charge in [0.15, 0.2) is 0 Å². The van der Waals surface area contributed by atoms with Gasteiger partial charge in [-0.1, -0.05) is 6.92 Å². The summed E-state index contributed by atoms with van der Waals surface area (Å²) in [6.45, 7) is 3.70. The molecule has 0 aliphatic rings. The Hall–Kier alpha value is -0.580. The topological polar surface area (TPSA) is 40.5 Å². The molecule has 0 amide bonds. The van der Waals surface area contributed by atoms with Gasteiger partial charge in [-0.3, -0.25) is 0 Å². The molecule has 4 heteroatoms. The zero-order chi connectivity index (χ0) is 12.1. The molecule has 90 valence electrons. The van der Waals surface area contributed by atoms with Crippen molar-refractivity contribution < 1.29 is 14.6 Å². The van der Waals surface area contributed by atoms with E-state index in [1.807, 2.05) is 6.92 Å². The third-order valence-electron chi connectivity index (χ3n) is 2.26. The van der Waals surface area contributed by atoms with Gasteiger partial charge in [-0.15, -0.1) is 11.8 Å². The molecule has 0 saturated carbocycles. The first kappa shape index (κ1) is 13.5. The van der Waals surface area contributed by atoms with Crippen molar-refractivity contribution >= 4 is 11.8 Å². The number of halogens is 1. The van der Waals surface area contributed by atoms with Crippen LogP contribution in [0, 0.1) is 11.7 Å². The van der Waals surface area contributed by atoms with Crippen molar-refractivity contribution in [1.29, 1.82) is 0 Å². The summed E-state index contributed by atoms with van der Waals surface area (Å²) in [6, 6.07) is 4.42. The van der Waals surface area contributed by atoms with E-state index >= 15 is 0 Å². The van der Waals surface area contributed by atoms with Gasteiger partial charge in [0, 0.05) is 17.3 Å². The first-order chi connectivity index (χ1) is 7.54. The largest absolute Gasteiger partial charge is 0.396 e. The molecule has 16 heavy (non-hydrogen) atoms. The monoisotopic (exact) mass is 244 g/mol. The quantitative estimate of drug-likeness (QED) is 0.782. The molecule has 2 N–H and O–H groups in total. The van der Waals surface area contributed by atoms with Crippen LogP contribution in [0.4, 0.5) is 4.39 Å². The summed E-state index contributed by atoms with van der Waals surface area (Å²) >= 11 is 1.53. The molecule has 0 aliphatic heterocycles. The molecule has 0 saturated heterocycles. The molecular formula is C12H17FO2S. The molecule has 1 unspecified atom stereocenters. The van der Waals surface area contributed by atoms with E-state index in [0.29, 0.717) is 5.56 Å². The Morgan fingerprint density at radius 2 is 2.06 bits per heavy atom. The van der Waals surface area contributed by atoms with Crippen LogP contribution in [-0.4, -0.2) is 22.6 Å². The lowest BCUT2D eigenvalue weighted by Gasteiger charge is -2.13. The SMILES string of the molecule is CC(CO)CSc1ccc(F)cc1[C@@H](C)O. The van der Waals surface area contributed by atoms with Gasteiger partial charge in [-0.05, 0) is 36.6 Å². The predicted molar refractivity (Wildman–Crippen MR) is 64.0 cm³/mol. The van der Waals surface area contributed by atoms with Gasteiger partial charge < -0.3 is 10.2 Å². The fourth-order valence-electron chi connectivity index (χ4n) is 1.26. The second-order valence-corrected chi connectivity index (χ2v) is 5.02. The number of hydrogen-bond donors (Lipinski definition) is 2. The van der Waals surface area contributed by atoms with Crippen LogP contribution in [0.3, 0.4) is 0 Å². The second kappa shape index (κ2) is 6.23. The molecule has 2 nitrogen and oxygen atoms in total. The van der Waals surface area contributed by atoms with E-state index in [1.165, 1.54) is 23.9 Å². The molecule has 0 spiro atoms. The van der Waals surface area contributed by atoms with Gasteiger partial charge in [-0.25, -0.2) is 4.39 Å². The Balaban J connectivity index is 2.78. The average Bonchev–Trinajstić information content (AvgIpc) is 2.26. The van der Waals surface area contributed by atoms with Gasteiger partial charge >= 0.3 is 0 Å². The van der Waals surface area contributed by atoms with Crippen LogP contribution in [0.25, 0.3) is 0 Å². The lowest BCUT2D eigenvalue weighted by atomic mass is 10.1. The minimum Gasteiger partial charge on any atom is -0.396 e. The Morgan fingerprint density at radius 3 is 2.62 bits per heavy atom. The van der Waals surface area contributed by atoms with Gasteiger partial charge in [-0.2, -0.15) is 0 Å². The highest BCUT2D eigenvalue weighted by Gasteiger charge is 2.11. The molecule has 2 atom stereocenters. The number of benzene rings is 1. The first-order valence-electron chi connectivity index (χ1n) is 5.25. The zero-order valence-corrected chi connectivity index (χ0v) is 10.3. The fourth-order valence-corrected chi connectivity index (χ4v) is 2.39. The van der Waals surface area contributed by atoms with Crippen molar-refractivity contribution in [3.8, 4) is 0 Å². The smallest absolute Gasteiger partial charge is 0.123 e. The highest BCUT2D eigenvalue weighted by atomic mass is 32.2. The normalized spacial score (nSPS) is 14.8. The Kier molecular flexibility index (Phi) is 5.25. The number of rotatable bonds is 5. The Labute approximate surface area is 99.5 Å². The average molecular weight is 244 g/mol. The summed E-state index contributed by atoms with van der Waals surface area (Å²) < 4.78 is 13.0. The zero-order valence-electron chi connectivity index (χ0n) is 9.48. The number of thioether (sulfide) groups is 1. The van der Waals surface area contributed by atoms with Crippen LogP contribution < -0.4 is 0 Å². The molecule has 0 bridgehead atoms. The predicted octanol–water partition coefficient (Wildman–Crippen LogP) is 2.60. The summed E-state index contributed by atoms with van der Waals surface area (Å²) in [5.74, 6) is 0.606. The van der Waals surface area contributed by atoms with E-state index in [1.54, 1.807) is 13.0 Å². The minimum absolute atomic E-state index is 0.137. The third kappa shape index (κ3) is 3.77. The van der Waals surface area contributed by atoms with Gasteiger partial charge in [0.2, 0.25) is 0 Å². The standard InChI is InChI=1S/C12H17FO2S/c1-8(6-14)7-16-12-4-3-10(13)5-11(12)9(2)15/h3-5,8-9,14-15H,6-7H2,1-2H3/t8?,9-/m1/s1. The maximum absolute atomic E-state index is 13.0. The molecule has 0 fully saturated rings. The second-order valence-electron chi connectivity index (χ2n) is 3.96. The summed E-state index contributed by atoms with van der Waals surface area (Å²) in [6.07, 6.45) is -0.678. The van der Waals surface area contributed by atoms with Gasteiger partial charge in [0.1, 0.15) is 5.82 Å². The summed E-state index contributed by atoms with van der Waals surface area (Å²) in [4.78, 5) is 0.872. The van der Waals surface area contributed by atoms with E-state index in [9.17, 15) is 9.50 Å². The number of hydrogen-bond acceptors (Lipinski definition) is 3. The number of aliphatic hydroxyl groups excluding tert-OH is 2. The summed E-state index contributed by atoms with van der Waals surface area (Å²) in [5.41, 5.74) is 0.607. The molecule has 0 heterocycles. The van der Waals surface area contributed by atoms with Crippen molar-refractivity contribution in [2.75, 3.05) is 12.4 Å². The van der Waals surface area contributed by atoms with Gasteiger partial charge in [0.25, 0.3) is 0 Å². The third-order valence-corrected chi connectivity index (χ3v) is 3.68. The number of aliphatic hydroxyl groups is 2. The molecular weight excluding hydrogens is 227 g/mol. The van der Waals surface area contributed by atoms with Gasteiger partial charge in [0.05, 0.1) is 6.10 Å². The summed E-state index contributed by atoms with van der Waals surface area (Å²) in [7, 11) is 0. The van der Waals surface area contributed by atoms with Crippen molar-refractivity contribution in [2.45, 2.75) is 24.8 Å². The Morgan fingerprint density at radius 1 is 1.38 bits per heavy atom. The molecule has 0 aliphatic carbocycles. The fraction of sp³-hybridized carbons (Fsp3) is 0.500. The van der Waals surface area contributed by atoms with Crippen LogP contribution in [0.2, 0.25) is 0 Å². The lowest BCUT2D eigenvalue weighted by molar-refractivity contribution is 0.196.